The van der Waals surface area contributed by atoms with Gasteiger partial charge in [-0.1, -0.05) is 39.3 Å². The molecule has 0 aliphatic heterocycles. The van der Waals surface area contributed by atoms with Crippen molar-refractivity contribution in [2.45, 2.75) is 39.5 Å². The number of anilines is 1. The van der Waals surface area contributed by atoms with E-state index in [1.54, 1.807) is 28.2 Å². The Labute approximate surface area is 184 Å². The van der Waals surface area contributed by atoms with Crippen LogP contribution in [0.3, 0.4) is 0 Å². The summed E-state index contributed by atoms with van der Waals surface area (Å²) in [6, 6.07) is 3.69. The predicted molar refractivity (Wildman–Crippen MR) is 121 cm³/mol. The van der Waals surface area contributed by atoms with Crippen molar-refractivity contribution >= 4 is 51.5 Å². The zero-order chi connectivity index (χ0) is 20.4. The van der Waals surface area contributed by atoms with Crippen LogP contribution in [-0.2, 0) is 9.63 Å². The molecular weight excluding hydrogens is 493 g/mol. The van der Waals surface area contributed by atoms with E-state index < -0.39 is 0 Å². The van der Waals surface area contributed by atoms with Gasteiger partial charge in [-0.25, -0.2) is 4.68 Å². The molecule has 9 heteroatoms. The van der Waals surface area contributed by atoms with E-state index in [1.807, 2.05) is 26.0 Å². The van der Waals surface area contributed by atoms with Crippen LogP contribution in [0, 0.1) is 0 Å². The van der Waals surface area contributed by atoms with E-state index >= 15 is 0 Å². The Bertz CT molecular complexity index is 782. The molecule has 0 N–H and O–H groups in total. The molecule has 1 amide bonds. The van der Waals surface area contributed by atoms with E-state index in [1.165, 1.54) is 0 Å². The van der Waals surface area contributed by atoms with Crippen LogP contribution in [0.1, 0.15) is 39.5 Å². The first-order valence-electron chi connectivity index (χ1n) is 9.24. The molecule has 2 aromatic heterocycles. The van der Waals surface area contributed by atoms with Gasteiger partial charge in [-0.3, -0.25) is 9.78 Å². The van der Waals surface area contributed by atoms with Gasteiger partial charge in [-0.05, 0) is 49.7 Å². The minimum Gasteiger partial charge on any atom is -0.396 e. The summed E-state index contributed by atoms with van der Waals surface area (Å²) in [5.41, 5.74) is 2.17. The highest BCUT2D eigenvalue weighted by Gasteiger charge is 2.20. The molecule has 2 heterocycles. The minimum absolute atomic E-state index is 0.0328. The van der Waals surface area contributed by atoms with Gasteiger partial charge < -0.3 is 9.74 Å². The first-order valence-corrected chi connectivity index (χ1v) is 11.1. The Morgan fingerprint density at radius 3 is 2.89 bits per heavy atom. The Hall–Kier alpha value is -1.68. The highest BCUT2D eigenvalue weighted by Crippen LogP contribution is 2.26. The monoisotopic (exact) mass is 517 g/mol. The molecule has 7 nitrogen and oxygen atoms in total. The average Bonchev–Trinajstić information content (AvgIpc) is 3.09. The standard InChI is InChI=1S/C19H25ClIN5O2/c1-3-25(18(27)9-8-15(2)24-28-12-5-4-10-21)17-14-26(23-19(17)20)16-7-6-11-22-13-16/h6-7,11,13-14H,3-5,8-10,12H2,1-2H3/b24-15+. The summed E-state index contributed by atoms with van der Waals surface area (Å²) in [6.07, 6.45) is 8.09. The van der Waals surface area contributed by atoms with Gasteiger partial charge in [0, 0.05) is 19.2 Å². The SMILES string of the molecule is CCN(C(=O)CC/C(C)=N/OCCCCI)c1cn(-c2cccnc2)nc1Cl. The number of carbonyl (C=O) groups excluding carboxylic acids is 1. The van der Waals surface area contributed by atoms with Crippen LogP contribution in [0.5, 0.6) is 0 Å². The minimum atomic E-state index is -0.0328. The number of nitrogens with zero attached hydrogens (tertiary/aromatic N) is 5. The normalized spacial score (nSPS) is 11.5. The highest BCUT2D eigenvalue weighted by atomic mass is 127. The Morgan fingerprint density at radius 2 is 2.21 bits per heavy atom. The number of amides is 1. The summed E-state index contributed by atoms with van der Waals surface area (Å²) >= 11 is 8.64. The molecule has 0 radical (unpaired) electrons. The van der Waals surface area contributed by atoms with E-state index in [0.717, 1.165) is 28.7 Å². The van der Waals surface area contributed by atoms with Crippen molar-refractivity contribution in [1.82, 2.24) is 14.8 Å². The predicted octanol–water partition coefficient (Wildman–Crippen LogP) is 4.66. The topological polar surface area (TPSA) is 72.6 Å². The van der Waals surface area contributed by atoms with Crippen LogP contribution in [0.2, 0.25) is 5.15 Å². The van der Waals surface area contributed by atoms with Crippen molar-refractivity contribution in [3.8, 4) is 5.69 Å². The second kappa shape index (κ2) is 12.0. The number of aromatic nitrogens is 3. The number of alkyl halides is 1. The van der Waals surface area contributed by atoms with Gasteiger partial charge in [0.25, 0.3) is 0 Å². The van der Waals surface area contributed by atoms with Gasteiger partial charge in [-0.2, -0.15) is 5.10 Å². The van der Waals surface area contributed by atoms with E-state index in [4.69, 9.17) is 16.4 Å². The van der Waals surface area contributed by atoms with Gasteiger partial charge >= 0.3 is 0 Å². The Morgan fingerprint density at radius 1 is 1.39 bits per heavy atom. The quantitative estimate of drug-likeness (QED) is 0.143. The van der Waals surface area contributed by atoms with Crippen molar-refractivity contribution in [1.29, 1.82) is 0 Å². The van der Waals surface area contributed by atoms with Crippen LogP contribution < -0.4 is 4.90 Å². The number of halogens is 2. The molecule has 0 unspecified atom stereocenters. The van der Waals surface area contributed by atoms with Gasteiger partial charge in [0.15, 0.2) is 5.15 Å². The van der Waals surface area contributed by atoms with E-state index in [2.05, 4.69) is 37.8 Å². The second-order valence-electron chi connectivity index (χ2n) is 6.15. The molecule has 0 spiro atoms. The van der Waals surface area contributed by atoms with Crippen LogP contribution in [0.15, 0.2) is 35.9 Å². The lowest BCUT2D eigenvalue weighted by molar-refractivity contribution is -0.118. The molecule has 0 aliphatic rings. The van der Waals surface area contributed by atoms with E-state index in [0.29, 0.717) is 31.7 Å². The molecule has 0 fully saturated rings. The van der Waals surface area contributed by atoms with Crippen LogP contribution in [-0.4, -0.2) is 44.0 Å². The maximum absolute atomic E-state index is 12.7. The zero-order valence-electron chi connectivity index (χ0n) is 16.1. The molecule has 0 saturated heterocycles. The molecule has 0 atom stereocenters. The summed E-state index contributed by atoms with van der Waals surface area (Å²) in [5, 5.41) is 8.66. The maximum Gasteiger partial charge on any atom is 0.227 e. The van der Waals surface area contributed by atoms with Crippen molar-refractivity contribution in [3.63, 3.8) is 0 Å². The number of hydrogen-bond donors (Lipinski definition) is 0. The number of hydrogen-bond acceptors (Lipinski definition) is 5. The Balaban J connectivity index is 1.96. The smallest absolute Gasteiger partial charge is 0.227 e. The third-order valence-electron chi connectivity index (χ3n) is 4.01. The van der Waals surface area contributed by atoms with Crippen molar-refractivity contribution in [2.75, 3.05) is 22.5 Å². The fraction of sp³-hybridized carbons (Fsp3) is 0.474. The number of carbonyl (C=O) groups is 1. The summed E-state index contributed by atoms with van der Waals surface area (Å²) in [4.78, 5) is 23.7. The largest absolute Gasteiger partial charge is 0.396 e. The van der Waals surface area contributed by atoms with Crippen LogP contribution in [0.4, 0.5) is 5.69 Å². The van der Waals surface area contributed by atoms with E-state index in [-0.39, 0.29) is 11.1 Å². The van der Waals surface area contributed by atoms with Crippen molar-refractivity contribution in [3.05, 3.63) is 35.9 Å². The molecule has 152 valence electrons. The molecule has 0 saturated carbocycles. The number of oxime groups is 1. The van der Waals surface area contributed by atoms with Gasteiger partial charge in [0.2, 0.25) is 5.91 Å². The lowest BCUT2D eigenvalue weighted by Crippen LogP contribution is -2.30. The van der Waals surface area contributed by atoms with Crippen LogP contribution >= 0.6 is 34.2 Å². The molecule has 0 aliphatic carbocycles. The fourth-order valence-corrected chi connectivity index (χ4v) is 3.28. The van der Waals surface area contributed by atoms with E-state index in [9.17, 15) is 4.79 Å². The highest BCUT2D eigenvalue weighted by molar-refractivity contribution is 14.1. The van der Waals surface area contributed by atoms with Gasteiger partial charge in [-0.15, -0.1) is 0 Å². The first kappa shape index (κ1) is 22.6. The summed E-state index contributed by atoms with van der Waals surface area (Å²) < 4.78 is 2.74. The Kier molecular flexibility index (Phi) is 9.69. The molecule has 28 heavy (non-hydrogen) atoms. The van der Waals surface area contributed by atoms with Gasteiger partial charge in [0.05, 0.1) is 23.8 Å². The third-order valence-corrected chi connectivity index (χ3v) is 5.04. The molecular formula is C19H25ClIN5O2. The number of pyridine rings is 1. The summed E-state index contributed by atoms with van der Waals surface area (Å²) in [6.45, 7) is 4.89. The molecule has 0 bridgehead atoms. The average molecular weight is 518 g/mol. The zero-order valence-corrected chi connectivity index (χ0v) is 19.1. The lowest BCUT2D eigenvalue weighted by Gasteiger charge is -2.19. The second-order valence-corrected chi connectivity index (χ2v) is 7.59. The first-order chi connectivity index (χ1) is 13.6. The summed E-state index contributed by atoms with van der Waals surface area (Å²) in [7, 11) is 0. The van der Waals surface area contributed by atoms with Gasteiger partial charge in [0.1, 0.15) is 12.3 Å². The lowest BCUT2D eigenvalue weighted by atomic mass is 10.2. The fourth-order valence-electron chi connectivity index (χ4n) is 2.51. The molecule has 0 aromatic carbocycles. The third kappa shape index (κ3) is 6.73. The maximum atomic E-state index is 12.7. The molecule has 2 aromatic rings. The number of unbranched alkanes of at least 4 members (excludes halogenated alkanes) is 1. The van der Waals surface area contributed by atoms with Crippen LogP contribution in [0.25, 0.3) is 5.69 Å². The van der Waals surface area contributed by atoms with Crippen molar-refractivity contribution in [2.24, 2.45) is 5.16 Å². The summed E-state index contributed by atoms with van der Waals surface area (Å²) in [5.74, 6) is -0.0328. The molecule has 2 rings (SSSR count). The van der Waals surface area contributed by atoms with Crippen molar-refractivity contribution < 1.29 is 9.63 Å². The number of rotatable bonds is 11.